The largest absolute Gasteiger partial charge is 0.497 e. The monoisotopic (exact) mass is 273 g/mol. The van der Waals surface area contributed by atoms with Crippen molar-refractivity contribution in [1.82, 2.24) is 0 Å². The highest BCUT2D eigenvalue weighted by atomic mass is 19.4. The number of hydrogen-bond acceptors (Lipinski definition) is 2. The molecule has 1 N–H and O–H groups in total. The van der Waals surface area contributed by atoms with Crippen LogP contribution in [0.15, 0.2) is 24.3 Å². The lowest BCUT2D eigenvalue weighted by molar-refractivity contribution is -0.184. The first-order valence-electron chi connectivity index (χ1n) is 6.48. The van der Waals surface area contributed by atoms with Crippen LogP contribution in [0.5, 0.6) is 5.75 Å². The maximum absolute atomic E-state index is 13.0. The van der Waals surface area contributed by atoms with E-state index >= 15 is 0 Å². The Morgan fingerprint density at radius 1 is 1.21 bits per heavy atom. The van der Waals surface area contributed by atoms with Crippen molar-refractivity contribution >= 4 is 5.69 Å². The second-order valence-corrected chi connectivity index (χ2v) is 4.92. The Hall–Kier alpha value is -1.39. The van der Waals surface area contributed by atoms with Gasteiger partial charge < -0.3 is 10.1 Å². The molecule has 0 spiro atoms. The molecule has 1 aromatic rings. The lowest BCUT2D eigenvalue weighted by Gasteiger charge is -2.34. The molecular formula is C14H18F3NO. The number of benzene rings is 1. The van der Waals surface area contributed by atoms with Crippen LogP contribution in [0.2, 0.25) is 0 Å². The molecule has 0 heterocycles. The van der Waals surface area contributed by atoms with Gasteiger partial charge in [0.05, 0.1) is 13.0 Å². The molecular weight excluding hydrogens is 255 g/mol. The van der Waals surface area contributed by atoms with Gasteiger partial charge in [0, 0.05) is 17.8 Å². The van der Waals surface area contributed by atoms with Crippen molar-refractivity contribution in [2.45, 2.75) is 37.9 Å². The summed E-state index contributed by atoms with van der Waals surface area (Å²) in [6.07, 6.45) is -1.86. The molecule has 0 bridgehead atoms. The summed E-state index contributed by atoms with van der Waals surface area (Å²) in [6, 6.07) is 6.49. The zero-order valence-corrected chi connectivity index (χ0v) is 10.8. The standard InChI is InChI=1S/C14H18F3NO/c1-19-11-6-4-5-10(9-11)18-13-8-3-2-7-12(13)14(15,16)17/h4-6,9,12-13,18H,2-3,7-8H2,1H3. The van der Waals surface area contributed by atoms with Crippen molar-refractivity contribution < 1.29 is 17.9 Å². The average molecular weight is 273 g/mol. The van der Waals surface area contributed by atoms with Crippen molar-refractivity contribution in [3.63, 3.8) is 0 Å². The molecule has 5 heteroatoms. The minimum absolute atomic E-state index is 0.213. The van der Waals surface area contributed by atoms with E-state index in [1.165, 1.54) is 7.11 Å². The Morgan fingerprint density at radius 2 is 1.95 bits per heavy atom. The van der Waals surface area contributed by atoms with Crippen LogP contribution >= 0.6 is 0 Å². The fraction of sp³-hybridized carbons (Fsp3) is 0.571. The topological polar surface area (TPSA) is 21.3 Å². The van der Waals surface area contributed by atoms with E-state index in [4.69, 9.17) is 4.74 Å². The summed E-state index contributed by atoms with van der Waals surface area (Å²) in [5.41, 5.74) is 0.681. The van der Waals surface area contributed by atoms with Gasteiger partial charge in [0.1, 0.15) is 5.75 Å². The van der Waals surface area contributed by atoms with Gasteiger partial charge in [-0.25, -0.2) is 0 Å². The fourth-order valence-electron chi connectivity index (χ4n) is 2.62. The third-order valence-corrected chi connectivity index (χ3v) is 3.61. The predicted molar refractivity (Wildman–Crippen MR) is 68.4 cm³/mol. The molecule has 1 aliphatic rings. The second-order valence-electron chi connectivity index (χ2n) is 4.92. The van der Waals surface area contributed by atoms with E-state index in [0.29, 0.717) is 24.3 Å². The molecule has 1 aliphatic carbocycles. The number of anilines is 1. The molecule has 0 saturated heterocycles. The zero-order chi connectivity index (χ0) is 13.9. The number of ether oxygens (including phenoxy) is 1. The minimum Gasteiger partial charge on any atom is -0.497 e. The molecule has 19 heavy (non-hydrogen) atoms. The highest BCUT2D eigenvalue weighted by Gasteiger charge is 2.45. The molecule has 0 radical (unpaired) electrons. The van der Waals surface area contributed by atoms with Crippen LogP contribution < -0.4 is 10.1 Å². The number of hydrogen-bond donors (Lipinski definition) is 1. The number of alkyl halides is 3. The fourth-order valence-corrected chi connectivity index (χ4v) is 2.62. The van der Waals surface area contributed by atoms with E-state index in [1.54, 1.807) is 24.3 Å². The highest BCUT2D eigenvalue weighted by molar-refractivity contribution is 5.49. The average Bonchev–Trinajstić information content (AvgIpc) is 2.38. The first-order chi connectivity index (χ1) is 9.00. The summed E-state index contributed by atoms with van der Waals surface area (Å²) in [6.45, 7) is 0. The Bertz CT molecular complexity index is 419. The summed E-state index contributed by atoms with van der Waals surface area (Å²) < 4.78 is 44.0. The van der Waals surface area contributed by atoms with Gasteiger partial charge in [0.25, 0.3) is 0 Å². The van der Waals surface area contributed by atoms with Crippen LogP contribution in [0.4, 0.5) is 18.9 Å². The third kappa shape index (κ3) is 3.55. The SMILES string of the molecule is COc1cccc(NC2CCCCC2C(F)(F)F)c1. The van der Waals surface area contributed by atoms with E-state index < -0.39 is 18.1 Å². The van der Waals surface area contributed by atoms with E-state index in [1.807, 2.05) is 0 Å². The van der Waals surface area contributed by atoms with E-state index in [2.05, 4.69) is 5.32 Å². The van der Waals surface area contributed by atoms with Gasteiger partial charge in [-0.15, -0.1) is 0 Å². The van der Waals surface area contributed by atoms with Gasteiger partial charge in [-0.3, -0.25) is 0 Å². The van der Waals surface area contributed by atoms with Crippen LogP contribution in [0.25, 0.3) is 0 Å². The first kappa shape index (κ1) is 14.0. The molecule has 2 rings (SSSR count). The molecule has 2 nitrogen and oxygen atoms in total. The number of methoxy groups -OCH3 is 1. The van der Waals surface area contributed by atoms with Crippen molar-refractivity contribution in [3.05, 3.63) is 24.3 Å². The Morgan fingerprint density at radius 3 is 2.63 bits per heavy atom. The van der Waals surface area contributed by atoms with Crippen molar-refractivity contribution in [1.29, 1.82) is 0 Å². The van der Waals surface area contributed by atoms with E-state index in [-0.39, 0.29) is 6.42 Å². The summed E-state index contributed by atoms with van der Waals surface area (Å²) in [4.78, 5) is 0. The van der Waals surface area contributed by atoms with E-state index in [0.717, 1.165) is 6.42 Å². The second kappa shape index (κ2) is 5.72. The Kier molecular flexibility index (Phi) is 4.22. The molecule has 1 fully saturated rings. The van der Waals surface area contributed by atoms with Crippen LogP contribution in [-0.2, 0) is 0 Å². The molecule has 1 aromatic carbocycles. The van der Waals surface area contributed by atoms with Crippen molar-refractivity contribution in [3.8, 4) is 5.75 Å². The maximum Gasteiger partial charge on any atom is 0.393 e. The quantitative estimate of drug-likeness (QED) is 0.890. The Labute approximate surface area is 111 Å². The van der Waals surface area contributed by atoms with Crippen LogP contribution in [0.1, 0.15) is 25.7 Å². The molecule has 1 saturated carbocycles. The van der Waals surface area contributed by atoms with Crippen molar-refractivity contribution in [2.75, 3.05) is 12.4 Å². The van der Waals surface area contributed by atoms with Gasteiger partial charge in [-0.2, -0.15) is 13.2 Å². The summed E-state index contributed by atoms with van der Waals surface area (Å²) in [5, 5.41) is 3.01. The molecule has 0 aliphatic heterocycles. The van der Waals surface area contributed by atoms with Crippen molar-refractivity contribution in [2.24, 2.45) is 5.92 Å². The highest BCUT2D eigenvalue weighted by Crippen LogP contribution is 2.39. The molecule has 0 aromatic heterocycles. The molecule has 106 valence electrons. The zero-order valence-electron chi connectivity index (χ0n) is 10.8. The van der Waals surface area contributed by atoms with Crippen LogP contribution in [0.3, 0.4) is 0 Å². The summed E-state index contributed by atoms with van der Waals surface area (Å²) in [5.74, 6) is -0.614. The normalized spacial score (nSPS) is 24.0. The third-order valence-electron chi connectivity index (χ3n) is 3.61. The van der Waals surface area contributed by atoms with Crippen LogP contribution in [-0.4, -0.2) is 19.3 Å². The molecule has 2 unspecified atom stereocenters. The van der Waals surface area contributed by atoms with E-state index in [9.17, 15) is 13.2 Å². The van der Waals surface area contributed by atoms with Gasteiger partial charge in [0.15, 0.2) is 0 Å². The van der Waals surface area contributed by atoms with Crippen LogP contribution in [0, 0.1) is 5.92 Å². The minimum atomic E-state index is -4.13. The smallest absolute Gasteiger partial charge is 0.393 e. The van der Waals surface area contributed by atoms with Gasteiger partial charge in [-0.05, 0) is 25.0 Å². The maximum atomic E-state index is 13.0. The summed E-state index contributed by atoms with van der Waals surface area (Å²) in [7, 11) is 1.54. The lowest BCUT2D eigenvalue weighted by atomic mass is 9.84. The predicted octanol–water partition coefficient (Wildman–Crippen LogP) is 4.23. The molecule has 0 amide bonds. The number of rotatable bonds is 3. The summed E-state index contributed by atoms with van der Waals surface area (Å²) >= 11 is 0. The van der Waals surface area contributed by atoms with Gasteiger partial charge in [0.2, 0.25) is 0 Å². The Balaban J connectivity index is 2.10. The lowest BCUT2D eigenvalue weighted by Crippen LogP contribution is -2.41. The van der Waals surface area contributed by atoms with Gasteiger partial charge >= 0.3 is 6.18 Å². The first-order valence-corrected chi connectivity index (χ1v) is 6.48. The number of halogens is 3. The number of nitrogens with one attached hydrogen (secondary N) is 1. The van der Waals surface area contributed by atoms with Gasteiger partial charge in [-0.1, -0.05) is 18.9 Å². The molecule has 2 atom stereocenters.